The van der Waals surface area contributed by atoms with Crippen LogP contribution < -0.4 is 9.47 Å². The summed E-state index contributed by atoms with van der Waals surface area (Å²) in [5.74, 6) is 1.46. The highest BCUT2D eigenvalue weighted by atomic mass is 16.6. The van der Waals surface area contributed by atoms with Crippen molar-refractivity contribution in [3.8, 4) is 11.5 Å². The molecule has 0 amide bonds. The van der Waals surface area contributed by atoms with Crippen LogP contribution in [0.5, 0.6) is 11.5 Å². The number of rotatable bonds is 6. The van der Waals surface area contributed by atoms with E-state index in [2.05, 4.69) is 0 Å². The molecule has 0 radical (unpaired) electrons. The van der Waals surface area contributed by atoms with Crippen LogP contribution in [0.2, 0.25) is 0 Å². The van der Waals surface area contributed by atoms with Gasteiger partial charge in [0.15, 0.2) is 11.5 Å². The van der Waals surface area contributed by atoms with Crippen molar-refractivity contribution < 1.29 is 18.9 Å². The number of epoxide rings is 1. The van der Waals surface area contributed by atoms with Crippen LogP contribution in [0.1, 0.15) is 18.6 Å². The molecular formula is C13H18O4. The zero-order valence-electron chi connectivity index (χ0n) is 10.4. The Morgan fingerprint density at radius 1 is 1.29 bits per heavy atom. The topological polar surface area (TPSA) is 40.2 Å². The number of hydrogen-bond donors (Lipinski definition) is 0. The van der Waals surface area contributed by atoms with E-state index in [1.54, 1.807) is 14.2 Å². The Balaban J connectivity index is 2.02. The summed E-state index contributed by atoms with van der Waals surface area (Å²) in [7, 11) is 3.26. The second kappa shape index (κ2) is 5.38. The molecule has 0 bridgehead atoms. The van der Waals surface area contributed by atoms with Gasteiger partial charge in [0.1, 0.15) is 6.10 Å². The number of benzene rings is 1. The van der Waals surface area contributed by atoms with Gasteiger partial charge in [0.2, 0.25) is 0 Å². The third-order valence-corrected chi connectivity index (χ3v) is 2.81. The first-order chi connectivity index (χ1) is 8.24. The minimum atomic E-state index is 0.0269. The lowest BCUT2D eigenvalue weighted by atomic mass is 10.1. The first-order valence-corrected chi connectivity index (χ1v) is 5.69. The standard InChI is InChI=1S/C13H18O4/c1-9(16-7-11-8-17-11)10-4-5-12(14-2)13(6-10)15-3/h4-6,9,11H,7-8H2,1-3H3/t9-,11+/m1/s1. The molecule has 2 atom stereocenters. The van der Waals surface area contributed by atoms with E-state index in [4.69, 9.17) is 18.9 Å². The van der Waals surface area contributed by atoms with Crippen LogP contribution in [0.15, 0.2) is 18.2 Å². The minimum absolute atomic E-state index is 0.0269. The van der Waals surface area contributed by atoms with Gasteiger partial charge in [0.25, 0.3) is 0 Å². The normalized spacial score (nSPS) is 19.8. The number of methoxy groups -OCH3 is 2. The van der Waals surface area contributed by atoms with E-state index < -0.39 is 0 Å². The zero-order valence-corrected chi connectivity index (χ0v) is 10.4. The monoisotopic (exact) mass is 238 g/mol. The summed E-state index contributed by atoms with van der Waals surface area (Å²) in [4.78, 5) is 0. The quantitative estimate of drug-likeness (QED) is 0.712. The maximum absolute atomic E-state index is 5.70. The van der Waals surface area contributed by atoms with E-state index in [1.165, 1.54) is 0 Å². The third-order valence-electron chi connectivity index (χ3n) is 2.81. The van der Waals surface area contributed by atoms with Gasteiger partial charge in [-0.1, -0.05) is 6.07 Å². The average Bonchev–Trinajstić information content (AvgIpc) is 3.19. The van der Waals surface area contributed by atoms with Crippen LogP contribution in [-0.2, 0) is 9.47 Å². The lowest BCUT2D eigenvalue weighted by molar-refractivity contribution is 0.0538. The average molecular weight is 238 g/mol. The molecular weight excluding hydrogens is 220 g/mol. The minimum Gasteiger partial charge on any atom is -0.493 e. The second-order valence-corrected chi connectivity index (χ2v) is 4.05. The summed E-state index contributed by atoms with van der Waals surface area (Å²) >= 11 is 0. The summed E-state index contributed by atoms with van der Waals surface area (Å²) in [6.07, 6.45) is 0.316. The van der Waals surface area contributed by atoms with Crippen LogP contribution in [0, 0.1) is 0 Å². The molecule has 0 spiro atoms. The van der Waals surface area contributed by atoms with Crippen molar-refractivity contribution in [1.29, 1.82) is 0 Å². The molecule has 1 aliphatic rings. The molecule has 4 nitrogen and oxygen atoms in total. The fraction of sp³-hybridized carbons (Fsp3) is 0.538. The predicted octanol–water partition coefficient (Wildman–Crippen LogP) is 2.18. The van der Waals surface area contributed by atoms with E-state index in [1.807, 2.05) is 25.1 Å². The van der Waals surface area contributed by atoms with Gasteiger partial charge in [-0.2, -0.15) is 0 Å². The lowest BCUT2D eigenvalue weighted by Crippen LogP contribution is -2.06. The first-order valence-electron chi connectivity index (χ1n) is 5.69. The molecule has 1 fully saturated rings. The Labute approximate surface area is 101 Å². The molecule has 0 N–H and O–H groups in total. The van der Waals surface area contributed by atoms with Gasteiger partial charge in [-0.3, -0.25) is 0 Å². The summed E-state index contributed by atoms with van der Waals surface area (Å²) < 4.78 is 21.3. The smallest absolute Gasteiger partial charge is 0.161 e. The van der Waals surface area contributed by atoms with Crippen molar-refractivity contribution in [2.75, 3.05) is 27.4 Å². The molecule has 1 heterocycles. The summed E-state index contributed by atoms with van der Waals surface area (Å²) in [5, 5.41) is 0. The van der Waals surface area contributed by atoms with Gasteiger partial charge in [-0.05, 0) is 24.6 Å². The van der Waals surface area contributed by atoms with E-state index in [-0.39, 0.29) is 12.2 Å². The van der Waals surface area contributed by atoms with Crippen molar-refractivity contribution in [3.63, 3.8) is 0 Å². The lowest BCUT2D eigenvalue weighted by Gasteiger charge is -2.15. The highest BCUT2D eigenvalue weighted by Crippen LogP contribution is 2.31. The van der Waals surface area contributed by atoms with Crippen molar-refractivity contribution in [2.24, 2.45) is 0 Å². The Morgan fingerprint density at radius 3 is 2.59 bits per heavy atom. The Bertz CT molecular complexity index is 374. The largest absolute Gasteiger partial charge is 0.493 e. The molecule has 4 heteroatoms. The zero-order chi connectivity index (χ0) is 12.3. The fourth-order valence-corrected chi connectivity index (χ4v) is 1.62. The Kier molecular flexibility index (Phi) is 3.86. The van der Waals surface area contributed by atoms with Gasteiger partial charge >= 0.3 is 0 Å². The Hall–Kier alpha value is -1.26. The van der Waals surface area contributed by atoms with Gasteiger partial charge in [0, 0.05) is 0 Å². The van der Waals surface area contributed by atoms with Gasteiger partial charge in [-0.25, -0.2) is 0 Å². The highest BCUT2D eigenvalue weighted by molar-refractivity contribution is 5.43. The van der Waals surface area contributed by atoms with Crippen LogP contribution in [0.3, 0.4) is 0 Å². The molecule has 2 rings (SSSR count). The molecule has 94 valence electrons. The van der Waals surface area contributed by atoms with Crippen molar-refractivity contribution >= 4 is 0 Å². The SMILES string of the molecule is COc1ccc([C@@H](C)OC[C@H]2CO2)cc1OC. The third kappa shape index (κ3) is 3.11. The predicted molar refractivity (Wildman–Crippen MR) is 63.7 cm³/mol. The second-order valence-electron chi connectivity index (χ2n) is 4.05. The van der Waals surface area contributed by atoms with Gasteiger partial charge < -0.3 is 18.9 Å². The highest BCUT2D eigenvalue weighted by Gasteiger charge is 2.23. The van der Waals surface area contributed by atoms with E-state index in [9.17, 15) is 0 Å². The van der Waals surface area contributed by atoms with Crippen molar-refractivity contribution in [3.05, 3.63) is 23.8 Å². The van der Waals surface area contributed by atoms with Gasteiger partial charge in [-0.15, -0.1) is 0 Å². The van der Waals surface area contributed by atoms with Crippen molar-refractivity contribution in [1.82, 2.24) is 0 Å². The molecule has 0 saturated carbocycles. The molecule has 1 aliphatic heterocycles. The van der Waals surface area contributed by atoms with E-state index >= 15 is 0 Å². The van der Waals surface area contributed by atoms with Gasteiger partial charge in [0.05, 0.1) is 33.5 Å². The van der Waals surface area contributed by atoms with Crippen LogP contribution in [0.4, 0.5) is 0 Å². The summed E-state index contributed by atoms with van der Waals surface area (Å²) in [6, 6.07) is 5.82. The molecule has 0 aromatic heterocycles. The maximum Gasteiger partial charge on any atom is 0.161 e. The number of hydrogen-bond acceptors (Lipinski definition) is 4. The molecule has 1 saturated heterocycles. The fourth-order valence-electron chi connectivity index (χ4n) is 1.62. The number of ether oxygens (including phenoxy) is 4. The summed E-state index contributed by atoms with van der Waals surface area (Å²) in [6.45, 7) is 3.48. The Morgan fingerprint density at radius 2 is 2.00 bits per heavy atom. The first kappa shape index (κ1) is 12.2. The maximum atomic E-state index is 5.70. The van der Waals surface area contributed by atoms with Crippen molar-refractivity contribution in [2.45, 2.75) is 19.1 Å². The van der Waals surface area contributed by atoms with Crippen LogP contribution in [-0.4, -0.2) is 33.5 Å². The van der Waals surface area contributed by atoms with Crippen LogP contribution >= 0.6 is 0 Å². The molecule has 0 aliphatic carbocycles. The van der Waals surface area contributed by atoms with Crippen LogP contribution in [0.25, 0.3) is 0 Å². The molecule has 17 heavy (non-hydrogen) atoms. The van der Waals surface area contributed by atoms with E-state index in [0.29, 0.717) is 6.61 Å². The molecule has 1 aromatic rings. The molecule has 0 unspecified atom stereocenters. The molecule has 1 aromatic carbocycles. The summed E-state index contributed by atoms with van der Waals surface area (Å²) in [5.41, 5.74) is 1.07. The van der Waals surface area contributed by atoms with E-state index in [0.717, 1.165) is 23.7 Å².